The molecular formula is C6H10F3N3O2. The summed E-state index contributed by atoms with van der Waals surface area (Å²) in [5.41, 5.74) is 5.03. The van der Waals surface area contributed by atoms with Crippen LogP contribution in [-0.4, -0.2) is 29.2 Å². The molecule has 5 nitrogen and oxygen atoms in total. The third-order valence-electron chi connectivity index (χ3n) is 1.30. The molecule has 0 fully saturated rings. The molecule has 1 atom stereocenters. The molecule has 14 heavy (non-hydrogen) atoms. The molecule has 0 heterocycles. The lowest BCUT2D eigenvalue weighted by atomic mass is 10.3. The minimum absolute atomic E-state index is 0.361. The van der Waals surface area contributed by atoms with Gasteiger partial charge in [-0.25, -0.2) is 0 Å². The van der Waals surface area contributed by atoms with Crippen LogP contribution in [0.25, 0.3) is 0 Å². The number of nitrogens with one attached hydrogen (secondary N) is 1. The summed E-state index contributed by atoms with van der Waals surface area (Å²) < 4.78 is 35.0. The van der Waals surface area contributed by atoms with Gasteiger partial charge >= 0.3 is 6.18 Å². The van der Waals surface area contributed by atoms with Gasteiger partial charge in [-0.2, -0.15) is 13.2 Å². The number of amidine groups is 1. The smallest absolute Gasteiger partial charge is 0.397 e. The number of rotatable bonds is 3. The zero-order valence-electron chi connectivity index (χ0n) is 7.30. The highest BCUT2D eigenvalue weighted by molar-refractivity contribution is 5.89. The van der Waals surface area contributed by atoms with Crippen LogP contribution < -0.4 is 11.1 Å². The van der Waals surface area contributed by atoms with Gasteiger partial charge in [-0.15, -0.1) is 0 Å². The number of halogens is 3. The summed E-state index contributed by atoms with van der Waals surface area (Å²) in [5, 5.41) is 12.6. The first-order valence-corrected chi connectivity index (χ1v) is 3.60. The van der Waals surface area contributed by atoms with E-state index < -0.39 is 24.5 Å². The lowest BCUT2D eigenvalue weighted by Gasteiger charge is -2.12. The summed E-state index contributed by atoms with van der Waals surface area (Å²) >= 11 is 0. The quantitative estimate of drug-likeness (QED) is 0.270. The van der Waals surface area contributed by atoms with Crippen molar-refractivity contribution in [3.05, 3.63) is 0 Å². The average molecular weight is 213 g/mol. The molecule has 1 unspecified atom stereocenters. The Morgan fingerprint density at radius 3 is 2.50 bits per heavy atom. The van der Waals surface area contributed by atoms with Crippen molar-refractivity contribution in [2.75, 3.05) is 0 Å². The van der Waals surface area contributed by atoms with E-state index in [2.05, 4.69) is 5.16 Å². The maximum atomic E-state index is 11.7. The number of carbonyl (C=O) groups is 1. The van der Waals surface area contributed by atoms with Crippen LogP contribution in [0.5, 0.6) is 0 Å². The first-order chi connectivity index (χ1) is 6.26. The first-order valence-electron chi connectivity index (χ1n) is 3.60. The molecule has 0 aliphatic rings. The average Bonchev–Trinajstić information content (AvgIpc) is 1.99. The number of nitrogens with two attached hydrogens (primary N) is 1. The van der Waals surface area contributed by atoms with Crippen molar-refractivity contribution in [3.63, 3.8) is 0 Å². The van der Waals surface area contributed by atoms with Crippen molar-refractivity contribution in [1.82, 2.24) is 5.32 Å². The number of hydrogen-bond acceptors (Lipinski definition) is 3. The Kier molecular flexibility index (Phi) is 4.19. The summed E-state index contributed by atoms with van der Waals surface area (Å²) in [4.78, 5) is 10.7. The normalized spacial score (nSPS) is 15.0. The molecule has 0 bridgehead atoms. The first kappa shape index (κ1) is 12.5. The largest absolute Gasteiger partial charge is 0.409 e. The molecule has 1 amide bonds. The van der Waals surface area contributed by atoms with E-state index in [1.165, 1.54) is 6.92 Å². The molecule has 0 aliphatic heterocycles. The fraction of sp³-hybridized carbons (Fsp3) is 0.667. The minimum atomic E-state index is -4.56. The van der Waals surface area contributed by atoms with Crippen LogP contribution in [-0.2, 0) is 4.79 Å². The van der Waals surface area contributed by atoms with Crippen LogP contribution >= 0.6 is 0 Å². The number of oxime groups is 1. The summed E-state index contributed by atoms with van der Waals surface area (Å²) in [6.07, 6.45) is -6.15. The zero-order chi connectivity index (χ0) is 11.4. The third kappa shape index (κ3) is 5.22. The van der Waals surface area contributed by atoms with Gasteiger partial charge in [0.2, 0.25) is 5.91 Å². The van der Waals surface area contributed by atoms with Crippen molar-refractivity contribution in [2.45, 2.75) is 25.6 Å². The predicted molar refractivity (Wildman–Crippen MR) is 41.7 cm³/mol. The minimum Gasteiger partial charge on any atom is -0.409 e. The highest BCUT2D eigenvalue weighted by Gasteiger charge is 2.31. The number of nitrogens with zero attached hydrogens (tertiary/aromatic N) is 1. The summed E-state index contributed by atoms with van der Waals surface area (Å²) in [6, 6.07) is -0.935. The second-order valence-electron chi connectivity index (χ2n) is 2.61. The Bertz CT molecular complexity index is 239. The van der Waals surface area contributed by atoms with Gasteiger partial charge in [0, 0.05) is 0 Å². The predicted octanol–water partition coefficient (Wildman–Crippen LogP) is 0.190. The van der Waals surface area contributed by atoms with Crippen LogP contribution in [0.3, 0.4) is 0 Å². The number of amides is 1. The Morgan fingerprint density at radius 2 is 2.14 bits per heavy atom. The van der Waals surface area contributed by atoms with Crippen LogP contribution in [0.2, 0.25) is 0 Å². The van der Waals surface area contributed by atoms with Gasteiger partial charge in [0.05, 0.1) is 6.04 Å². The van der Waals surface area contributed by atoms with Gasteiger partial charge in [0.15, 0.2) is 5.84 Å². The topological polar surface area (TPSA) is 87.7 Å². The van der Waals surface area contributed by atoms with Crippen molar-refractivity contribution >= 4 is 11.7 Å². The second-order valence-corrected chi connectivity index (χ2v) is 2.61. The molecular weight excluding hydrogens is 203 g/mol. The molecule has 0 aromatic heterocycles. The molecule has 4 N–H and O–H groups in total. The highest BCUT2D eigenvalue weighted by atomic mass is 19.4. The third-order valence-corrected chi connectivity index (χ3v) is 1.30. The monoisotopic (exact) mass is 213 g/mol. The van der Waals surface area contributed by atoms with Gasteiger partial charge in [-0.1, -0.05) is 5.16 Å². The lowest BCUT2D eigenvalue weighted by molar-refractivity contribution is -0.153. The maximum Gasteiger partial charge on any atom is 0.397 e. The van der Waals surface area contributed by atoms with Gasteiger partial charge in [0.25, 0.3) is 0 Å². The number of alkyl halides is 3. The zero-order valence-corrected chi connectivity index (χ0v) is 7.30. The van der Waals surface area contributed by atoms with E-state index in [0.29, 0.717) is 0 Å². The molecule has 0 aromatic carbocycles. The standard InChI is InChI=1S/C6H10F3N3O2/c1-3(5(10)12-14)11-4(13)2-6(7,8)9/h3,14H,2H2,1H3,(H2,10,12)(H,11,13). The highest BCUT2D eigenvalue weighted by Crippen LogP contribution is 2.18. The van der Waals surface area contributed by atoms with E-state index in [9.17, 15) is 18.0 Å². The van der Waals surface area contributed by atoms with Gasteiger partial charge in [-0.05, 0) is 6.92 Å². The molecule has 0 aromatic rings. The molecule has 0 radical (unpaired) electrons. The maximum absolute atomic E-state index is 11.7. The summed E-state index contributed by atoms with van der Waals surface area (Å²) in [6.45, 7) is 1.29. The van der Waals surface area contributed by atoms with Crippen LogP contribution in [0, 0.1) is 0 Å². The molecule has 8 heteroatoms. The molecule has 0 aliphatic carbocycles. The van der Waals surface area contributed by atoms with E-state index in [4.69, 9.17) is 10.9 Å². The van der Waals surface area contributed by atoms with Crippen molar-refractivity contribution < 1.29 is 23.2 Å². The molecule has 0 saturated heterocycles. The molecule has 0 spiro atoms. The van der Waals surface area contributed by atoms with Gasteiger partial charge < -0.3 is 16.3 Å². The Morgan fingerprint density at radius 1 is 1.64 bits per heavy atom. The SMILES string of the molecule is CC(NC(=O)CC(F)(F)F)/C(N)=N/O. The van der Waals surface area contributed by atoms with Gasteiger partial charge in [0.1, 0.15) is 6.42 Å². The van der Waals surface area contributed by atoms with Crippen LogP contribution in [0.15, 0.2) is 5.16 Å². The second kappa shape index (κ2) is 4.68. The van der Waals surface area contributed by atoms with E-state index in [0.717, 1.165) is 0 Å². The van der Waals surface area contributed by atoms with Gasteiger partial charge in [-0.3, -0.25) is 4.79 Å². The van der Waals surface area contributed by atoms with Crippen LogP contribution in [0.1, 0.15) is 13.3 Å². The number of carbonyl (C=O) groups excluding carboxylic acids is 1. The van der Waals surface area contributed by atoms with Crippen molar-refractivity contribution in [3.8, 4) is 0 Å². The van der Waals surface area contributed by atoms with Crippen molar-refractivity contribution in [2.24, 2.45) is 10.9 Å². The summed E-state index contributed by atoms with van der Waals surface area (Å²) in [7, 11) is 0. The fourth-order valence-electron chi connectivity index (χ4n) is 0.635. The van der Waals surface area contributed by atoms with Crippen molar-refractivity contribution in [1.29, 1.82) is 0 Å². The Hall–Kier alpha value is -1.47. The van der Waals surface area contributed by atoms with Crippen LogP contribution in [0.4, 0.5) is 13.2 Å². The molecule has 0 saturated carbocycles. The fourth-order valence-corrected chi connectivity index (χ4v) is 0.635. The Balaban J connectivity index is 4.08. The number of hydrogen-bond donors (Lipinski definition) is 3. The molecule has 0 rings (SSSR count). The lowest BCUT2D eigenvalue weighted by Crippen LogP contribution is -2.43. The van der Waals surface area contributed by atoms with E-state index in [1.807, 2.05) is 5.32 Å². The van der Waals surface area contributed by atoms with E-state index >= 15 is 0 Å². The van der Waals surface area contributed by atoms with E-state index in [-0.39, 0.29) is 5.84 Å². The van der Waals surface area contributed by atoms with E-state index in [1.54, 1.807) is 0 Å². The summed E-state index contributed by atoms with van der Waals surface area (Å²) in [5.74, 6) is -1.59. The molecule has 82 valence electrons. The Labute approximate surface area is 77.8 Å².